The molecule has 11 nitrogen and oxygen atoms in total. The lowest BCUT2D eigenvalue weighted by Crippen LogP contribution is -2.34. The fraction of sp³-hybridized carbons (Fsp3) is 0.865. The normalized spacial score (nSPS) is 13.7. The van der Waals surface area contributed by atoms with Crippen LogP contribution < -0.4 is 5.73 Å². The van der Waals surface area contributed by atoms with Crippen molar-refractivity contribution in [1.29, 1.82) is 0 Å². The number of nitrogens with two attached hydrogens (primary N) is 1. The molecular weight excluding hydrogens is 830 g/mol. The van der Waals surface area contributed by atoms with Gasteiger partial charge >= 0.3 is 25.7 Å². The second-order valence-corrected chi connectivity index (χ2v) is 19.5. The van der Waals surface area contributed by atoms with E-state index in [0.29, 0.717) is 12.8 Å². The molecule has 0 aliphatic heterocycles. The van der Waals surface area contributed by atoms with Gasteiger partial charge < -0.3 is 25.2 Å². The largest absolute Gasteiger partial charge is 0.480 e. The zero-order chi connectivity index (χ0) is 47.0. The third-order valence-electron chi connectivity index (χ3n) is 11.7. The van der Waals surface area contributed by atoms with E-state index in [1.54, 1.807) is 0 Å². The summed E-state index contributed by atoms with van der Waals surface area (Å²) in [5.74, 6) is -2.37. The molecule has 376 valence electrons. The van der Waals surface area contributed by atoms with Crippen molar-refractivity contribution in [1.82, 2.24) is 0 Å². The van der Waals surface area contributed by atoms with Crippen LogP contribution >= 0.6 is 7.82 Å². The Kier molecular flexibility index (Phi) is 45.9. The number of phosphoric ester groups is 1. The van der Waals surface area contributed by atoms with Crippen LogP contribution in [0.5, 0.6) is 0 Å². The number of carbonyl (C=O) groups is 3. The molecule has 0 aromatic rings. The van der Waals surface area contributed by atoms with Crippen LogP contribution in [0.25, 0.3) is 0 Å². The predicted molar refractivity (Wildman–Crippen MR) is 263 cm³/mol. The number of unbranched alkanes of at least 4 members (excludes halogenated alkanes) is 32. The number of carboxylic acids is 1. The summed E-state index contributed by atoms with van der Waals surface area (Å²) in [6.07, 6.45) is 52.4. The van der Waals surface area contributed by atoms with Crippen molar-refractivity contribution in [3.63, 3.8) is 0 Å². The van der Waals surface area contributed by atoms with E-state index in [9.17, 15) is 23.8 Å². The molecule has 0 amide bonds. The van der Waals surface area contributed by atoms with Crippen LogP contribution in [0.15, 0.2) is 24.3 Å². The van der Waals surface area contributed by atoms with Gasteiger partial charge in [-0.15, -0.1) is 0 Å². The minimum Gasteiger partial charge on any atom is -0.480 e. The van der Waals surface area contributed by atoms with Crippen molar-refractivity contribution in [3.8, 4) is 0 Å². The van der Waals surface area contributed by atoms with E-state index in [-0.39, 0.29) is 19.4 Å². The molecular formula is C52H98NO10P. The molecule has 0 spiro atoms. The van der Waals surface area contributed by atoms with Gasteiger partial charge in [-0.05, 0) is 44.9 Å². The molecule has 0 rings (SSSR count). The van der Waals surface area contributed by atoms with Crippen LogP contribution in [0, 0.1) is 0 Å². The smallest absolute Gasteiger partial charge is 0.472 e. The molecule has 12 heteroatoms. The summed E-state index contributed by atoms with van der Waals surface area (Å²) in [5, 5.41) is 8.93. The van der Waals surface area contributed by atoms with Crippen LogP contribution in [0.1, 0.15) is 258 Å². The molecule has 0 aromatic heterocycles. The van der Waals surface area contributed by atoms with Gasteiger partial charge in [0.25, 0.3) is 0 Å². The Labute approximate surface area is 391 Å². The Morgan fingerprint density at radius 1 is 0.484 bits per heavy atom. The molecule has 0 saturated heterocycles. The number of ether oxygens (including phenoxy) is 2. The molecule has 0 saturated carbocycles. The molecule has 0 bridgehead atoms. The Hall–Kier alpha value is -2.04. The number of phosphoric acid groups is 1. The predicted octanol–water partition coefficient (Wildman–Crippen LogP) is 15.0. The number of hydrogen-bond acceptors (Lipinski definition) is 9. The van der Waals surface area contributed by atoms with Crippen LogP contribution in [0.3, 0.4) is 0 Å². The fourth-order valence-electron chi connectivity index (χ4n) is 7.57. The molecule has 0 aromatic carbocycles. The van der Waals surface area contributed by atoms with E-state index >= 15 is 0 Å². The lowest BCUT2D eigenvalue weighted by Gasteiger charge is -2.20. The lowest BCUT2D eigenvalue weighted by atomic mass is 10.0. The second-order valence-electron chi connectivity index (χ2n) is 18.0. The third-order valence-corrected chi connectivity index (χ3v) is 12.7. The monoisotopic (exact) mass is 928 g/mol. The standard InChI is InChI=1S/C52H98NO10P/c1-3-5-7-9-11-13-15-17-19-21-23-24-26-27-29-31-33-35-37-39-41-43-50(54)60-45-48(46-61-64(58,59)62-47-49(53)52(56)57)63-51(55)44-42-40-38-36-34-32-30-28-25-22-20-18-16-14-12-10-8-6-4-2/h12,14,18,20,48-49H,3-11,13,15-17,19,21-47,53H2,1-2H3,(H,56,57)(H,58,59)/b14-12-,20-18-. The van der Waals surface area contributed by atoms with E-state index in [0.717, 1.165) is 51.4 Å². The molecule has 0 fully saturated rings. The highest BCUT2D eigenvalue weighted by Gasteiger charge is 2.28. The van der Waals surface area contributed by atoms with Crippen LogP contribution in [-0.2, 0) is 37.5 Å². The van der Waals surface area contributed by atoms with Gasteiger partial charge in [0.15, 0.2) is 6.10 Å². The fourth-order valence-corrected chi connectivity index (χ4v) is 8.35. The van der Waals surface area contributed by atoms with Crippen molar-refractivity contribution in [2.75, 3.05) is 19.8 Å². The average Bonchev–Trinajstić information content (AvgIpc) is 3.27. The third kappa shape index (κ3) is 46.5. The van der Waals surface area contributed by atoms with Gasteiger partial charge in [-0.3, -0.25) is 23.4 Å². The quantitative estimate of drug-likeness (QED) is 0.0229. The first-order chi connectivity index (χ1) is 31.1. The molecule has 0 heterocycles. The lowest BCUT2D eigenvalue weighted by molar-refractivity contribution is -0.161. The van der Waals surface area contributed by atoms with E-state index in [2.05, 4.69) is 42.7 Å². The number of carbonyl (C=O) groups excluding carboxylic acids is 2. The van der Waals surface area contributed by atoms with E-state index in [1.165, 1.54) is 167 Å². The van der Waals surface area contributed by atoms with Gasteiger partial charge in [0.2, 0.25) is 0 Å². The van der Waals surface area contributed by atoms with Crippen molar-refractivity contribution in [2.45, 2.75) is 270 Å². The van der Waals surface area contributed by atoms with Crippen molar-refractivity contribution < 1.29 is 47.5 Å². The average molecular weight is 928 g/mol. The second kappa shape index (κ2) is 47.5. The number of allylic oxidation sites excluding steroid dienone is 4. The summed E-state index contributed by atoms with van der Waals surface area (Å²) < 4.78 is 32.9. The minimum atomic E-state index is -4.72. The molecule has 64 heavy (non-hydrogen) atoms. The summed E-state index contributed by atoms with van der Waals surface area (Å²) in [5.41, 5.74) is 5.36. The maximum atomic E-state index is 12.7. The van der Waals surface area contributed by atoms with E-state index < -0.39 is 51.1 Å². The number of rotatable bonds is 50. The van der Waals surface area contributed by atoms with Crippen LogP contribution in [-0.4, -0.2) is 59.9 Å². The highest BCUT2D eigenvalue weighted by atomic mass is 31.2. The Bertz CT molecular complexity index is 1180. The Morgan fingerprint density at radius 2 is 0.828 bits per heavy atom. The molecule has 0 aliphatic rings. The van der Waals surface area contributed by atoms with Gasteiger partial charge in [-0.25, -0.2) is 4.57 Å². The van der Waals surface area contributed by atoms with Gasteiger partial charge in [0.1, 0.15) is 12.6 Å². The first kappa shape index (κ1) is 62.0. The maximum absolute atomic E-state index is 12.7. The number of carboxylic acid groups (broad SMARTS) is 1. The van der Waals surface area contributed by atoms with Gasteiger partial charge in [0.05, 0.1) is 13.2 Å². The van der Waals surface area contributed by atoms with Gasteiger partial charge in [0, 0.05) is 12.8 Å². The summed E-state index contributed by atoms with van der Waals surface area (Å²) in [6.45, 7) is 2.83. The molecule has 3 unspecified atom stereocenters. The zero-order valence-electron chi connectivity index (χ0n) is 41.1. The van der Waals surface area contributed by atoms with Crippen molar-refractivity contribution in [3.05, 3.63) is 24.3 Å². The summed E-state index contributed by atoms with van der Waals surface area (Å²) in [7, 11) is -4.72. The maximum Gasteiger partial charge on any atom is 0.472 e. The first-order valence-electron chi connectivity index (χ1n) is 26.4. The van der Waals surface area contributed by atoms with Crippen molar-refractivity contribution >= 4 is 25.7 Å². The summed E-state index contributed by atoms with van der Waals surface area (Å²) >= 11 is 0. The highest BCUT2D eigenvalue weighted by Crippen LogP contribution is 2.43. The number of hydrogen-bond donors (Lipinski definition) is 3. The molecule has 0 aliphatic carbocycles. The van der Waals surface area contributed by atoms with Crippen LogP contribution in [0.2, 0.25) is 0 Å². The SMILES string of the molecule is CCCCC/C=C\C/C=C\CCCCCCCCCCCC(=O)OC(COC(=O)CCCCCCCCCCCCCCCCCCCCCCC)COP(=O)(O)OCC(N)C(=O)O. The molecule has 3 atom stereocenters. The topological polar surface area (TPSA) is 172 Å². The Morgan fingerprint density at radius 3 is 1.25 bits per heavy atom. The summed E-state index contributed by atoms with van der Waals surface area (Å²) in [4.78, 5) is 46.2. The molecule has 4 N–H and O–H groups in total. The van der Waals surface area contributed by atoms with E-state index in [4.69, 9.17) is 24.8 Å². The number of aliphatic carboxylic acids is 1. The summed E-state index contributed by atoms with van der Waals surface area (Å²) in [6, 6.07) is -1.52. The highest BCUT2D eigenvalue weighted by molar-refractivity contribution is 7.47. The van der Waals surface area contributed by atoms with Crippen LogP contribution in [0.4, 0.5) is 0 Å². The minimum absolute atomic E-state index is 0.160. The van der Waals surface area contributed by atoms with Gasteiger partial charge in [-0.1, -0.05) is 224 Å². The van der Waals surface area contributed by atoms with Gasteiger partial charge in [-0.2, -0.15) is 0 Å². The van der Waals surface area contributed by atoms with Crippen molar-refractivity contribution in [2.24, 2.45) is 5.73 Å². The Balaban J connectivity index is 4.20. The van der Waals surface area contributed by atoms with E-state index in [1.807, 2.05) is 0 Å². The number of esters is 2. The first-order valence-corrected chi connectivity index (χ1v) is 27.9. The zero-order valence-corrected chi connectivity index (χ0v) is 42.0. The molecule has 0 radical (unpaired) electrons.